The van der Waals surface area contributed by atoms with Crippen LogP contribution in [0.3, 0.4) is 0 Å². The molecule has 2 aromatic rings. The van der Waals surface area contributed by atoms with E-state index in [1.54, 1.807) is 12.3 Å². The molecule has 98 valence electrons. The summed E-state index contributed by atoms with van der Waals surface area (Å²) in [7, 11) is 0. The van der Waals surface area contributed by atoms with Crippen LogP contribution in [0.2, 0.25) is 0 Å². The summed E-state index contributed by atoms with van der Waals surface area (Å²) in [5.74, 6) is -2.04. The Balaban J connectivity index is 2.09. The second-order valence-electron chi connectivity index (χ2n) is 4.05. The number of thiazole rings is 1. The number of hydrogen-bond donors (Lipinski definition) is 1. The highest BCUT2D eigenvalue weighted by Crippen LogP contribution is 2.22. The number of hydrogen-bond acceptors (Lipinski definition) is 4. The summed E-state index contributed by atoms with van der Waals surface area (Å²) < 4.78 is 27.1. The molecule has 0 radical (unpaired) electrons. The first kappa shape index (κ1) is 13.4. The van der Waals surface area contributed by atoms with Gasteiger partial charge in [-0.25, -0.2) is 13.8 Å². The Hall–Kier alpha value is -2.00. The Kier molecular flexibility index (Phi) is 4.07. The molecule has 1 aromatic heterocycles. The van der Waals surface area contributed by atoms with Gasteiger partial charge in [0.25, 0.3) is 0 Å². The van der Waals surface area contributed by atoms with Crippen molar-refractivity contribution in [2.24, 2.45) is 0 Å². The number of benzene rings is 1. The van der Waals surface area contributed by atoms with Crippen molar-refractivity contribution in [1.82, 2.24) is 4.98 Å². The second kappa shape index (κ2) is 5.76. The van der Waals surface area contributed by atoms with E-state index in [-0.39, 0.29) is 17.2 Å². The van der Waals surface area contributed by atoms with Crippen LogP contribution in [0.5, 0.6) is 0 Å². The van der Waals surface area contributed by atoms with Crippen LogP contribution in [0.1, 0.15) is 23.4 Å². The van der Waals surface area contributed by atoms with E-state index in [0.717, 1.165) is 5.01 Å². The van der Waals surface area contributed by atoms with Gasteiger partial charge in [-0.05, 0) is 12.1 Å². The largest absolute Gasteiger partial charge is 0.382 e. The van der Waals surface area contributed by atoms with Gasteiger partial charge in [0.15, 0.2) is 11.6 Å². The standard InChI is InChI=1S/C13H11F2N3S/c1-8(13-17-4-5-19-13)7-18-10-3-2-9(6-16)11(14)12(10)15/h2-5,8,18H,7H2,1H3. The van der Waals surface area contributed by atoms with Crippen LogP contribution in [-0.2, 0) is 0 Å². The minimum Gasteiger partial charge on any atom is -0.382 e. The Morgan fingerprint density at radius 1 is 1.42 bits per heavy atom. The average Bonchev–Trinajstić information content (AvgIpc) is 2.94. The predicted molar refractivity (Wildman–Crippen MR) is 70.1 cm³/mol. The SMILES string of the molecule is CC(CNc1ccc(C#N)c(F)c1F)c1nccs1. The summed E-state index contributed by atoms with van der Waals surface area (Å²) >= 11 is 1.52. The Morgan fingerprint density at radius 3 is 2.84 bits per heavy atom. The molecule has 0 saturated carbocycles. The van der Waals surface area contributed by atoms with E-state index in [1.165, 1.54) is 23.5 Å². The summed E-state index contributed by atoms with van der Waals surface area (Å²) in [6.45, 7) is 2.39. The van der Waals surface area contributed by atoms with Crippen molar-refractivity contribution in [2.75, 3.05) is 11.9 Å². The molecule has 0 bridgehead atoms. The van der Waals surface area contributed by atoms with E-state index < -0.39 is 11.6 Å². The summed E-state index contributed by atoms with van der Waals surface area (Å²) in [5, 5.41) is 14.2. The van der Waals surface area contributed by atoms with Gasteiger partial charge in [0.2, 0.25) is 0 Å². The summed E-state index contributed by atoms with van der Waals surface area (Å²) in [4.78, 5) is 4.16. The van der Waals surface area contributed by atoms with E-state index in [0.29, 0.717) is 6.54 Å². The summed E-state index contributed by atoms with van der Waals surface area (Å²) in [6, 6.07) is 4.22. The number of halogens is 2. The number of rotatable bonds is 4. The van der Waals surface area contributed by atoms with Gasteiger partial charge in [-0.2, -0.15) is 5.26 Å². The first-order chi connectivity index (χ1) is 9.13. The van der Waals surface area contributed by atoms with E-state index in [2.05, 4.69) is 10.3 Å². The van der Waals surface area contributed by atoms with Crippen LogP contribution in [0.4, 0.5) is 14.5 Å². The average molecular weight is 279 g/mol. The Morgan fingerprint density at radius 2 is 2.21 bits per heavy atom. The molecular formula is C13H11F2N3S. The number of anilines is 1. The maximum Gasteiger partial charge on any atom is 0.183 e. The molecule has 0 spiro atoms. The van der Waals surface area contributed by atoms with Crippen LogP contribution in [0.25, 0.3) is 0 Å². The molecule has 19 heavy (non-hydrogen) atoms. The molecule has 1 heterocycles. The zero-order valence-corrected chi connectivity index (χ0v) is 11.0. The predicted octanol–water partition coefficient (Wildman–Crippen LogP) is 3.51. The lowest BCUT2D eigenvalue weighted by atomic mass is 10.1. The fraction of sp³-hybridized carbons (Fsp3) is 0.231. The van der Waals surface area contributed by atoms with Crippen LogP contribution in [0.15, 0.2) is 23.7 Å². The van der Waals surface area contributed by atoms with E-state index in [9.17, 15) is 8.78 Å². The van der Waals surface area contributed by atoms with Gasteiger partial charge in [-0.1, -0.05) is 6.92 Å². The van der Waals surface area contributed by atoms with Crippen LogP contribution in [0, 0.1) is 23.0 Å². The molecule has 0 aliphatic carbocycles. The van der Waals surface area contributed by atoms with Gasteiger partial charge in [-0.3, -0.25) is 0 Å². The van der Waals surface area contributed by atoms with Crippen molar-refractivity contribution in [2.45, 2.75) is 12.8 Å². The molecule has 6 heteroatoms. The van der Waals surface area contributed by atoms with Gasteiger partial charge < -0.3 is 5.32 Å². The molecule has 1 unspecified atom stereocenters. The highest BCUT2D eigenvalue weighted by molar-refractivity contribution is 7.09. The number of nitrogens with zero attached hydrogens (tertiary/aromatic N) is 2. The van der Waals surface area contributed by atoms with Gasteiger partial charge in [-0.15, -0.1) is 11.3 Å². The molecule has 1 aromatic carbocycles. The van der Waals surface area contributed by atoms with Crippen LogP contribution >= 0.6 is 11.3 Å². The molecule has 0 saturated heterocycles. The van der Waals surface area contributed by atoms with Crippen molar-refractivity contribution >= 4 is 17.0 Å². The molecule has 1 N–H and O–H groups in total. The van der Waals surface area contributed by atoms with E-state index in [1.807, 2.05) is 12.3 Å². The minimum atomic E-state index is -1.12. The van der Waals surface area contributed by atoms with Crippen molar-refractivity contribution in [1.29, 1.82) is 5.26 Å². The lowest BCUT2D eigenvalue weighted by molar-refractivity contribution is 0.508. The van der Waals surface area contributed by atoms with Crippen molar-refractivity contribution in [3.63, 3.8) is 0 Å². The van der Waals surface area contributed by atoms with E-state index >= 15 is 0 Å². The van der Waals surface area contributed by atoms with E-state index in [4.69, 9.17) is 5.26 Å². The quantitative estimate of drug-likeness (QED) is 0.931. The first-order valence-corrected chi connectivity index (χ1v) is 6.52. The summed E-state index contributed by atoms with van der Waals surface area (Å²) in [6.07, 6.45) is 1.71. The molecule has 0 amide bonds. The molecule has 0 fully saturated rings. The maximum absolute atomic E-state index is 13.6. The first-order valence-electron chi connectivity index (χ1n) is 5.65. The number of aromatic nitrogens is 1. The molecule has 2 rings (SSSR count). The molecule has 1 atom stereocenters. The van der Waals surface area contributed by atoms with Crippen molar-refractivity contribution in [3.05, 3.63) is 45.9 Å². The zero-order chi connectivity index (χ0) is 13.8. The lowest BCUT2D eigenvalue weighted by Gasteiger charge is -2.12. The molecule has 0 aliphatic heterocycles. The highest BCUT2D eigenvalue weighted by atomic mass is 32.1. The van der Waals surface area contributed by atoms with Crippen molar-refractivity contribution in [3.8, 4) is 6.07 Å². The maximum atomic E-state index is 13.6. The molecule has 0 aliphatic rings. The smallest absolute Gasteiger partial charge is 0.183 e. The van der Waals surface area contributed by atoms with Crippen LogP contribution < -0.4 is 5.32 Å². The Labute approximate surface area is 113 Å². The molecular weight excluding hydrogens is 268 g/mol. The Bertz CT molecular complexity index is 605. The third-order valence-electron chi connectivity index (χ3n) is 2.67. The fourth-order valence-corrected chi connectivity index (χ4v) is 2.30. The fourth-order valence-electron chi connectivity index (χ4n) is 1.60. The number of nitriles is 1. The third-order valence-corrected chi connectivity index (χ3v) is 3.68. The van der Waals surface area contributed by atoms with Gasteiger partial charge in [0.05, 0.1) is 16.3 Å². The van der Waals surface area contributed by atoms with Gasteiger partial charge in [0, 0.05) is 24.0 Å². The third kappa shape index (κ3) is 2.88. The van der Waals surface area contributed by atoms with Gasteiger partial charge >= 0.3 is 0 Å². The zero-order valence-electron chi connectivity index (χ0n) is 10.2. The monoisotopic (exact) mass is 279 g/mol. The highest BCUT2D eigenvalue weighted by Gasteiger charge is 2.14. The normalized spacial score (nSPS) is 11.9. The topological polar surface area (TPSA) is 48.7 Å². The van der Waals surface area contributed by atoms with Gasteiger partial charge in [0.1, 0.15) is 6.07 Å². The number of nitrogens with one attached hydrogen (secondary N) is 1. The minimum absolute atomic E-state index is 0.0555. The van der Waals surface area contributed by atoms with Crippen molar-refractivity contribution < 1.29 is 8.78 Å². The molecule has 3 nitrogen and oxygen atoms in total. The lowest BCUT2D eigenvalue weighted by Crippen LogP contribution is -2.11. The summed E-state index contributed by atoms with van der Waals surface area (Å²) in [5.41, 5.74) is -0.240. The second-order valence-corrected chi connectivity index (χ2v) is 4.98. The van der Waals surface area contributed by atoms with Crippen LogP contribution in [-0.4, -0.2) is 11.5 Å².